The van der Waals surface area contributed by atoms with Crippen molar-refractivity contribution < 1.29 is 0 Å². The molecule has 1 heterocycles. The van der Waals surface area contributed by atoms with Gasteiger partial charge in [-0.15, -0.1) is 0 Å². The van der Waals surface area contributed by atoms with Crippen molar-refractivity contribution in [1.82, 2.24) is 0 Å². The van der Waals surface area contributed by atoms with E-state index in [4.69, 9.17) is 0 Å². The summed E-state index contributed by atoms with van der Waals surface area (Å²) in [4.78, 5) is 4.69. The van der Waals surface area contributed by atoms with Crippen LogP contribution in [-0.4, -0.2) is 15.4 Å². The van der Waals surface area contributed by atoms with Crippen LogP contribution in [-0.2, 0) is 0 Å². The maximum atomic E-state index is 2.34. The van der Waals surface area contributed by atoms with E-state index in [9.17, 15) is 0 Å². The fraction of sp³-hybridized carbons (Fsp3) is 0. The zero-order valence-electron chi connectivity index (χ0n) is 3.31. The van der Waals surface area contributed by atoms with Crippen LogP contribution < -0.4 is 0 Å². The van der Waals surface area contributed by atoms with Crippen molar-refractivity contribution in [2.45, 2.75) is 0 Å². The molecule has 0 radical (unpaired) electrons. The first-order chi connectivity index (χ1) is 2.50. The van der Waals surface area contributed by atoms with Crippen LogP contribution in [0.2, 0.25) is 0 Å². The van der Waals surface area contributed by atoms with E-state index in [0.717, 1.165) is 0 Å². The first kappa shape index (κ1) is 3.22. The monoisotopic (exact) mass is 129 g/mol. The van der Waals surface area contributed by atoms with Gasteiger partial charge in [0.15, 0.2) is 0 Å². The predicted octanol–water partition coefficient (Wildman–Crippen LogP) is -0.0715. The summed E-state index contributed by atoms with van der Waals surface area (Å²) in [6, 6.07) is 0. The van der Waals surface area contributed by atoms with Gasteiger partial charge in [0.1, 0.15) is 0 Å². The Balaban J connectivity index is 2.61. The van der Waals surface area contributed by atoms with Crippen molar-refractivity contribution in [1.29, 1.82) is 0 Å². The molecule has 0 spiro atoms. The molecule has 5 heavy (non-hydrogen) atoms. The molecule has 0 aromatic carbocycles. The molecular weight excluding hydrogens is 121 g/mol. The minimum absolute atomic E-state index is 0.368. The fourth-order valence-corrected chi connectivity index (χ4v) is 2.89. The Morgan fingerprint density at radius 2 is 1.60 bits per heavy atom. The molecular formula is C4H7Ge-. The second kappa shape index (κ2) is 1.46. The Hall–Kier alpha value is 0.0229. The van der Waals surface area contributed by atoms with E-state index in [0.29, 0.717) is 0 Å². The average molecular weight is 128 g/mol. The Morgan fingerprint density at radius 3 is 1.80 bits per heavy atom. The molecule has 28 valence electrons. The van der Waals surface area contributed by atoms with E-state index in [2.05, 4.69) is 22.0 Å². The van der Waals surface area contributed by atoms with Gasteiger partial charge in [-0.05, 0) is 0 Å². The summed E-state index contributed by atoms with van der Waals surface area (Å²) in [5, 5.41) is 0. The van der Waals surface area contributed by atoms with Crippen LogP contribution in [0, 0.1) is 0 Å². The third-order valence-corrected chi connectivity index (χ3v) is 4.11. The second-order valence-corrected chi connectivity index (χ2v) is 5.58. The van der Waals surface area contributed by atoms with Crippen molar-refractivity contribution in [3.05, 3.63) is 22.0 Å². The van der Waals surface area contributed by atoms with E-state index < -0.39 is 0 Å². The summed E-state index contributed by atoms with van der Waals surface area (Å²) in [5.41, 5.74) is 0. The SMILES string of the molecule is C1=[CH][GeH3-][CH]=C1. The van der Waals surface area contributed by atoms with Crippen molar-refractivity contribution in [2.75, 3.05) is 0 Å². The maximum absolute atomic E-state index is 2.34. The normalized spacial score (nSPS) is 19.2. The van der Waals surface area contributed by atoms with E-state index in [1.807, 2.05) is 0 Å². The number of allylic oxidation sites excluding steroid dienone is 2. The van der Waals surface area contributed by atoms with E-state index in [1.54, 1.807) is 0 Å². The van der Waals surface area contributed by atoms with Crippen molar-refractivity contribution in [3.8, 4) is 0 Å². The van der Waals surface area contributed by atoms with Gasteiger partial charge in [-0.2, -0.15) is 0 Å². The van der Waals surface area contributed by atoms with Crippen LogP contribution in [0.15, 0.2) is 22.0 Å². The first-order valence-corrected chi connectivity index (χ1v) is 7.00. The van der Waals surface area contributed by atoms with Crippen molar-refractivity contribution in [3.63, 3.8) is 0 Å². The molecule has 0 aromatic heterocycles. The van der Waals surface area contributed by atoms with Gasteiger partial charge < -0.3 is 0 Å². The minimum atomic E-state index is -0.368. The summed E-state index contributed by atoms with van der Waals surface area (Å²) in [7, 11) is 0. The van der Waals surface area contributed by atoms with E-state index >= 15 is 0 Å². The van der Waals surface area contributed by atoms with Gasteiger partial charge in [-0.3, -0.25) is 0 Å². The Labute approximate surface area is 38.0 Å². The standard InChI is InChI=1S/C4H7Ge/c1-2-4-5-3-1/h1-4H,5H3/q-1. The first-order valence-electron chi connectivity index (χ1n) is 2.15. The average Bonchev–Trinajstić information content (AvgIpc) is 1.76. The molecule has 0 nitrogen and oxygen atoms in total. The van der Waals surface area contributed by atoms with Crippen molar-refractivity contribution in [2.24, 2.45) is 0 Å². The van der Waals surface area contributed by atoms with Gasteiger partial charge in [0.2, 0.25) is 0 Å². The molecule has 0 fully saturated rings. The van der Waals surface area contributed by atoms with Crippen LogP contribution in [0.4, 0.5) is 0 Å². The van der Waals surface area contributed by atoms with Gasteiger partial charge in [0, 0.05) is 0 Å². The molecule has 0 saturated carbocycles. The van der Waals surface area contributed by atoms with Crippen LogP contribution in [0.3, 0.4) is 0 Å². The Kier molecular flexibility index (Phi) is 0.939. The van der Waals surface area contributed by atoms with Gasteiger partial charge in [-0.1, -0.05) is 0 Å². The molecule has 0 unspecified atom stereocenters. The molecule has 0 aliphatic carbocycles. The summed E-state index contributed by atoms with van der Waals surface area (Å²) >= 11 is -0.368. The fourth-order valence-electron chi connectivity index (χ4n) is 0.556. The van der Waals surface area contributed by atoms with Crippen LogP contribution in [0.5, 0.6) is 0 Å². The van der Waals surface area contributed by atoms with Crippen LogP contribution in [0.1, 0.15) is 0 Å². The summed E-state index contributed by atoms with van der Waals surface area (Å²) in [6.07, 6.45) is 4.31. The van der Waals surface area contributed by atoms with Gasteiger partial charge in [-0.25, -0.2) is 0 Å². The van der Waals surface area contributed by atoms with E-state index in [-0.39, 0.29) is 15.4 Å². The number of hydrogen-bond donors (Lipinski definition) is 0. The Morgan fingerprint density at radius 1 is 1.00 bits per heavy atom. The quantitative estimate of drug-likeness (QED) is 0.400. The molecule has 0 amide bonds. The Bertz CT molecular complexity index is 61.7. The molecule has 1 heteroatoms. The van der Waals surface area contributed by atoms with Gasteiger partial charge in [0.25, 0.3) is 0 Å². The van der Waals surface area contributed by atoms with E-state index in [1.165, 1.54) is 0 Å². The number of hydrogen-bond acceptors (Lipinski definition) is 0. The van der Waals surface area contributed by atoms with Crippen LogP contribution in [0.25, 0.3) is 0 Å². The molecule has 0 saturated heterocycles. The third kappa shape index (κ3) is 0.652. The zero-order valence-corrected chi connectivity index (χ0v) is 7.51. The molecule has 1 rings (SSSR count). The predicted molar refractivity (Wildman–Crippen MR) is 28.2 cm³/mol. The summed E-state index contributed by atoms with van der Waals surface area (Å²) in [5.74, 6) is 0. The van der Waals surface area contributed by atoms with Gasteiger partial charge >= 0.3 is 37.4 Å². The summed E-state index contributed by atoms with van der Waals surface area (Å²) < 4.78 is 0. The molecule has 1 aliphatic rings. The van der Waals surface area contributed by atoms with Crippen LogP contribution >= 0.6 is 0 Å². The zero-order chi connectivity index (χ0) is 3.54. The molecule has 0 N–H and O–H groups in total. The van der Waals surface area contributed by atoms with Crippen molar-refractivity contribution >= 4 is 15.4 Å². The molecule has 0 bridgehead atoms. The summed E-state index contributed by atoms with van der Waals surface area (Å²) in [6.45, 7) is 0. The topological polar surface area (TPSA) is 0 Å². The third-order valence-electron chi connectivity index (χ3n) is 0.881. The molecule has 0 atom stereocenters. The second-order valence-electron chi connectivity index (χ2n) is 1.38. The number of rotatable bonds is 0. The molecule has 0 aromatic rings. The molecule has 1 aliphatic heterocycles. The van der Waals surface area contributed by atoms with Gasteiger partial charge in [0.05, 0.1) is 0 Å².